The van der Waals surface area contributed by atoms with Gasteiger partial charge in [0.05, 0.1) is 5.75 Å². The summed E-state index contributed by atoms with van der Waals surface area (Å²) in [6, 6.07) is 7.80. The number of carbonyl (C=O) groups is 2. The van der Waals surface area contributed by atoms with Crippen LogP contribution in [0.2, 0.25) is 5.02 Å². The topological polar surface area (TPSA) is 75.4 Å². The number of carbonyl (C=O) groups excluding carboxylic acids is 2. The Bertz CT molecular complexity index is 585. The Labute approximate surface area is 158 Å². The maximum Gasteiger partial charge on any atom is 0.232 e. The molecule has 1 aromatic rings. The van der Waals surface area contributed by atoms with Gasteiger partial charge in [-0.25, -0.2) is 0 Å². The predicted octanol–water partition coefficient (Wildman–Crippen LogP) is 2.42. The minimum Gasteiger partial charge on any atom is -0.354 e. The van der Waals surface area contributed by atoms with Gasteiger partial charge in [0.2, 0.25) is 11.8 Å². The molecular weight excluding hydrogens is 358 g/mol. The van der Waals surface area contributed by atoms with Crippen molar-refractivity contribution in [2.45, 2.75) is 37.5 Å². The first kappa shape index (κ1) is 20.1. The molecule has 138 valence electrons. The SMILES string of the molecule is NCCC(=O)NCC1CCCCN1C(=O)CSCc1cccc(Cl)c1. The highest BCUT2D eigenvalue weighted by Gasteiger charge is 2.26. The minimum atomic E-state index is -0.0456. The van der Waals surface area contributed by atoms with Crippen molar-refractivity contribution in [3.63, 3.8) is 0 Å². The number of likely N-dealkylation sites (tertiary alicyclic amines) is 1. The van der Waals surface area contributed by atoms with E-state index in [9.17, 15) is 9.59 Å². The lowest BCUT2D eigenvalue weighted by atomic mass is 10.0. The molecule has 1 heterocycles. The van der Waals surface area contributed by atoms with Crippen molar-refractivity contribution in [2.75, 3.05) is 25.4 Å². The van der Waals surface area contributed by atoms with Crippen molar-refractivity contribution in [3.8, 4) is 0 Å². The van der Waals surface area contributed by atoms with Crippen LogP contribution in [0.1, 0.15) is 31.2 Å². The van der Waals surface area contributed by atoms with E-state index in [0.717, 1.165) is 37.1 Å². The average molecular weight is 384 g/mol. The molecule has 2 amide bonds. The van der Waals surface area contributed by atoms with E-state index >= 15 is 0 Å². The van der Waals surface area contributed by atoms with Crippen molar-refractivity contribution in [3.05, 3.63) is 34.9 Å². The first-order valence-corrected chi connectivity index (χ1v) is 10.2. The summed E-state index contributed by atoms with van der Waals surface area (Å²) in [6.07, 6.45) is 3.39. The molecule has 1 saturated heterocycles. The fourth-order valence-corrected chi connectivity index (χ4v) is 4.03. The Kier molecular flexibility index (Phi) is 8.58. The van der Waals surface area contributed by atoms with E-state index < -0.39 is 0 Å². The quantitative estimate of drug-likeness (QED) is 0.722. The predicted molar refractivity (Wildman–Crippen MR) is 104 cm³/mol. The van der Waals surface area contributed by atoms with Gasteiger partial charge in [0.1, 0.15) is 0 Å². The molecule has 1 aliphatic heterocycles. The van der Waals surface area contributed by atoms with Crippen molar-refractivity contribution in [1.29, 1.82) is 0 Å². The van der Waals surface area contributed by atoms with Crippen LogP contribution in [-0.4, -0.2) is 48.1 Å². The number of nitrogens with two attached hydrogens (primary N) is 1. The normalized spacial score (nSPS) is 17.4. The van der Waals surface area contributed by atoms with Crippen LogP contribution in [0, 0.1) is 0 Å². The molecule has 0 spiro atoms. The van der Waals surface area contributed by atoms with Gasteiger partial charge in [-0.3, -0.25) is 9.59 Å². The van der Waals surface area contributed by atoms with Crippen LogP contribution in [0.3, 0.4) is 0 Å². The first-order valence-electron chi connectivity index (χ1n) is 8.68. The molecule has 7 heteroatoms. The number of amides is 2. The number of hydrogen-bond acceptors (Lipinski definition) is 4. The van der Waals surface area contributed by atoms with Gasteiger partial charge in [0.15, 0.2) is 0 Å². The highest BCUT2D eigenvalue weighted by molar-refractivity contribution is 7.99. The third kappa shape index (κ3) is 6.88. The second-order valence-electron chi connectivity index (χ2n) is 6.20. The Balaban J connectivity index is 1.79. The number of nitrogens with one attached hydrogen (secondary N) is 1. The molecule has 1 fully saturated rings. The van der Waals surface area contributed by atoms with Gasteiger partial charge in [0.25, 0.3) is 0 Å². The zero-order valence-electron chi connectivity index (χ0n) is 14.4. The van der Waals surface area contributed by atoms with E-state index in [1.807, 2.05) is 29.2 Å². The summed E-state index contributed by atoms with van der Waals surface area (Å²) in [4.78, 5) is 26.1. The summed E-state index contributed by atoms with van der Waals surface area (Å²) >= 11 is 7.58. The number of halogens is 1. The molecule has 1 aromatic carbocycles. The summed E-state index contributed by atoms with van der Waals surface area (Å²) in [7, 11) is 0. The van der Waals surface area contributed by atoms with Gasteiger partial charge in [-0.1, -0.05) is 23.7 Å². The van der Waals surface area contributed by atoms with Crippen LogP contribution in [0.5, 0.6) is 0 Å². The lowest BCUT2D eigenvalue weighted by molar-refractivity contribution is -0.132. The van der Waals surface area contributed by atoms with Gasteiger partial charge in [0, 0.05) is 42.9 Å². The summed E-state index contributed by atoms with van der Waals surface area (Å²) in [6.45, 7) is 1.64. The molecule has 0 aliphatic carbocycles. The number of nitrogens with zero attached hydrogens (tertiary/aromatic N) is 1. The summed E-state index contributed by atoms with van der Waals surface area (Å²) in [5, 5.41) is 3.61. The second kappa shape index (κ2) is 10.7. The van der Waals surface area contributed by atoms with Crippen molar-refractivity contribution in [1.82, 2.24) is 10.2 Å². The van der Waals surface area contributed by atoms with E-state index in [-0.39, 0.29) is 17.9 Å². The third-order valence-corrected chi connectivity index (χ3v) is 5.46. The molecule has 1 atom stereocenters. The Morgan fingerprint density at radius 3 is 2.96 bits per heavy atom. The van der Waals surface area contributed by atoms with Crippen molar-refractivity contribution < 1.29 is 9.59 Å². The van der Waals surface area contributed by atoms with E-state index in [1.165, 1.54) is 0 Å². The smallest absolute Gasteiger partial charge is 0.232 e. The maximum absolute atomic E-state index is 12.6. The van der Waals surface area contributed by atoms with Gasteiger partial charge >= 0.3 is 0 Å². The average Bonchev–Trinajstić information content (AvgIpc) is 2.60. The molecule has 25 heavy (non-hydrogen) atoms. The molecule has 5 nitrogen and oxygen atoms in total. The van der Waals surface area contributed by atoms with Crippen LogP contribution < -0.4 is 11.1 Å². The molecular formula is C18H26ClN3O2S. The van der Waals surface area contributed by atoms with Crippen LogP contribution in [-0.2, 0) is 15.3 Å². The van der Waals surface area contributed by atoms with Crippen molar-refractivity contribution in [2.24, 2.45) is 5.73 Å². The minimum absolute atomic E-state index is 0.0456. The largest absolute Gasteiger partial charge is 0.354 e. The number of rotatable bonds is 8. The van der Waals surface area contributed by atoms with E-state index in [1.54, 1.807) is 11.8 Å². The van der Waals surface area contributed by atoms with E-state index in [0.29, 0.717) is 30.3 Å². The third-order valence-electron chi connectivity index (χ3n) is 4.24. The molecule has 0 saturated carbocycles. The number of hydrogen-bond donors (Lipinski definition) is 2. The Morgan fingerprint density at radius 1 is 1.36 bits per heavy atom. The van der Waals surface area contributed by atoms with Crippen LogP contribution in [0.25, 0.3) is 0 Å². The molecule has 0 radical (unpaired) electrons. The van der Waals surface area contributed by atoms with Crippen LogP contribution >= 0.6 is 23.4 Å². The van der Waals surface area contributed by atoms with Crippen molar-refractivity contribution >= 4 is 35.2 Å². The molecule has 0 bridgehead atoms. The van der Waals surface area contributed by atoms with E-state index in [2.05, 4.69) is 5.32 Å². The van der Waals surface area contributed by atoms with Gasteiger partial charge in [-0.05, 0) is 37.0 Å². The maximum atomic E-state index is 12.6. The number of thioether (sulfide) groups is 1. The zero-order chi connectivity index (χ0) is 18.1. The number of piperidine rings is 1. The molecule has 0 aromatic heterocycles. The Hall–Kier alpha value is -1.24. The molecule has 2 rings (SSSR count). The highest BCUT2D eigenvalue weighted by atomic mass is 35.5. The van der Waals surface area contributed by atoms with Crippen LogP contribution in [0.15, 0.2) is 24.3 Å². The monoisotopic (exact) mass is 383 g/mol. The Morgan fingerprint density at radius 2 is 2.20 bits per heavy atom. The summed E-state index contributed by atoms with van der Waals surface area (Å²) in [5.74, 6) is 1.30. The lowest BCUT2D eigenvalue weighted by Gasteiger charge is -2.36. The first-order chi connectivity index (χ1) is 12.1. The number of benzene rings is 1. The lowest BCUT2D eigenvalue weighted by Crippen LogP contribution is -2.50. The molecule has 1 unspecified atom stereocenters. The van der Waals surface area contributed by atoms with Crippen LogP contribution in [0.4, 0.5) is 0 Å². The van der Waals surface area contributed by atoms with Gasteiger partial charge in [-0.2, -0.15) is 0 Å². The molecule has 1 aliphatic rings. The molecule has 3 N–H and O–H groups in total. The summed E-state index contributed by atoms with van der Waals surface area (Å²) < 4.78 is 0. The van der Waals surface area contributed by atoms with Gasteiger partial charge in [-0.15, -0.1) is 11.8 Å². The zero-order valence-corrected chi connectivity index (χ0v) is 16.0. The van der Waals surface area contributed by atoms with E-state index in [4.69, 9.17) is 17.3 Å². The standard InChI is InChI=1S/C18H26ClN3O2S/c19-15-5-3-4-14(10-15)12-25-13-18(24)22-9-2-1-6-16(22)11-21-17(23)7-8-20/h3-5,10,16H,1-2,6-9,11-13,20H2,(H,21,23). The fraction of sp³-hybridized carbons (Fsp3) is 0.556. The second-order valence-corrected chi connectivity index (χ2v) is 7.62. The van der Waals surface area contributed by atoms with Gasteiger partial charge < -0.3 is 16.0 Å². The highest BCUT2D eigenvalue weighted by Crippen LogP contribution is 2.20. The summed E-state index contributed by atoms with van der Waals surface area (Å²) in [5.41, 5.74) is 6.51. The fourth-order valence-electron chi connectivity index (χ4n) is 2.96.